The third-order valence-electron chi connectivity index (χ3n) is 3.28. The van der Waals surface area contributed by atoms with Gasteiger partial charge in [0.25, 0.3) is 0 Å². The van der Waals surface area contributed by atoms with E-state index in [1.165, 1.54) is 0 Å². The molecule has 106 valence electrons. The molecule has 1 aromatic heterocycles. The summed E-state index contributed by atoms with van der Waals surface area (Å²) in [6.07, 6.45) is 6.00. The summed E-state index contributed by atoms with van der Waals surface area (Å²) in [5.74, 6) is 0. The summed E-state index contributed by atoms with van der Waals surface area (Å²) in [6.45, 7) is 7.43. The number of carbonyl (C=O) groups excluding carboxylic acids is 1. The van der Waals surface area contributed by atoms with Crippen LogP contribution in [0, 0.1) is 0 Å². The molecule has 1 amide bonds. The molecule has 0 bridgehead atoms. The Morgan fingerprint density at radius 1 is 1.47 bits per heavy atom. The lowest BCUT2D eigenvalue weighted by Crippen LogP contribution is -2.65. The average molecular weight is 266 g/mol. The predicted molar refractivity (Wildman–Crippen MR) is 71.7 cm³/mol. The van der Waals surface area contributed by atoms with Crippen LogP contribution in [0.15, 0.2) is 18.7 Å². The van der Waals surface area contributed by atoms with Gasteiger partial charge in [-0.15, -0.1) is 0 Å². The van der Waals surface area contributed by atoms with Crippen LogP contribution in [0.25, 0.3) is 0 Å². The Labute approximate surface area is 113 Å². The van der Waals surface area contributed by atoms with Gasteiger partial charge >= 0.3 is 6.09 Å². The van der Waals surface area contributed by atoms with Gasteiger partial charge < -0.3 is 19.9 Å². The van der Waals surface area contributed by atoms with Crippen molar-refractivity contribution < 1.29 is 9.53 Å². The number of likely N-dealkylation sites (tertiary alicyclic amines) is 1. The number of amides is 1. The minimum absolute atomic E-state index is 0.123. The van der Waals surface area contributed by atoms with E-state index in [0.717, 1.165) is 6.42 Å². The number of imidazole rings is 1. The Bertz CT molecular complexity index is 430. The monoisotopic (exact) mass is 266 g/mol. The first-order chi connectivity index (χ1) is 8.86. The first kappa shape index (κ1) is 13.9. The highest BCUT2D eigenvalue weighted by Crippen LogP contribution is 2.33. The summed E-state index contributed by atoms with van der Waals surface area (Å²) in [7, 11) is 0. The van der Waals surface area contributed by atoms with Crippen molar-refractivity contribution in [1.29, 1.82) is 0 Å². The van der Waals surface area contributed by atoms with Gasteiger partial charge in [0, 0.05) is 25.5 Å². The van der Waals surface area contributed by atoms with Crippen molar-refractivity contribution >= 4 is 6.09 Å². The molecular weight excluding hydrogens is 244 g/mol. The Kier molecular flexibility index (Phi) is 3.54. The molecule has 2 rings (SSSR count). The van der Waals surface area contributed by atoms with Crippen molar-refractivity contribution in [2.75, 3.05) is 19.6 Å². The molecule has 1 fully saturated rings. The Morgan fingerprint density at radius 2 is 2.16 bits per heavy atom. The third-order valence-corrected chi connectivity index (χ3v) is 3.28. The van der Waals surface area contributed by atoms with Crippen LogP contribution < -0.4 is 5.73 Å². The standard InChI is InChI=1S/C13H22N4O2/c1-12(2,3)19-11(18)16-8-13(9-16,4-5-14)17-7-6-15-10-17/h6-7,10H,4-5,8-9,14H2,1-3H3. The molecule has 6 nitrogen and oxygen atoms in total. The van der Waals surface area contributed by atoms with Crippen LogP contribution in [0.1, 0.15) is 27.2 Å². The van der Waals surface area contributed by atoms with E-state index in [1.54, 1.807) is 17.4 Å². The quantitative estimate of drug-likeness (QED) is 0.891. The zero-order valence-corrected chi connectivity index (χ0v) is 11.8. The molecule has 2 N–H and O–H groups in total. The first-order valence-electron chi connectivity index (χ1n) is 6.53. The summed E-state index contributed by atoms with van der Waals surface area (Å²) in [6, 6.07) is 0. The lowest BCUT2D eigenvalue weighted by molar-refractivity contribution is -0.0311. The zero-order chi connectivity index (χ0) is 14.1. The molecule has 0 radical (unpaired) electrons. The van der Waals surface area contributed by atoms with Crippen molar-refractivity contribution in [1.82, 2.24) is 14.5 Å². The second-order valence-corrected chi connectivity index (χ2v) is 6.07. The average Bonchev–Trinajstić information content (AvgIpc) is 2.73. The molecule has 0 atom stereocenters. The van der Waals surface area contributed by atoms with E-state index in [-0.39, 0.29) is 11.6 Å². The number of hydrogen-bond donors (Lipinski definition) is 1. The highest BCUT2D eigenvalue weighted by atomic mass is 16.6. The summed E-state index contributed by atoms with van der Waals surface area (Å²) in [5, 5.41) is 0. The van der Waals surface area contributed by atoms with Crippen LogP contribution >= 0.6 is 0 Å². The molecule has 1 saturated heterocycles. The molecule has 0 unspecified atom stereocenters. The van der Waals surface area contributed by atoms with Gasteiger partial charge in [-0.25, -0.2) is 9.78 Å². The van der Waals surface area contributed by atoms with Crippen molar-refractivity contribution in [3.63, 3.8) is 0 Å². The maximum Gasteiger partial charge on any atom is 0.410 e. The van der Waals surface area contributed by atoms with Crippen LogP contribution in [0.3, 0.4) is 0 Å². The fourth-order valence-corrected chi connectivity index (χ4v) is 2.38. The SMILES string of the molecule is CC(C)(C)OC(=O)N1CC(CCN)(n2ccnc2)C1. The molecule has 1 aliphatic rings. The summed E-state index contributed by atoms with van der Waals surface area (Å²) in [4.78, 5) is 17.7. The van der Waals surface area contributed by atoms with Crippen LogP contribution in [-0.2, 0) is 10.3 Å². The van der Waals surface area contributed by atoms with Gasteiger partial charge in [0.1, 0.15) is 5.60 Å². The van der Waals surface area contributed by atoms with Gasteiger partial charge in [0.15, 0.2) is 0 Å². The molecule has 19 heavy (non-hydrogen) atoms. The molecule has 2 heterocycles. The van der Waals surface area contributed by atoms with Gasteiger partial charge in [-0.1, -0.05) is 0 Å². The molecule has 0 aromatic carbocycles. The van der Waals surface area contributed by atoms with Crippen molar-refractivity contribution in [2.24, 2.45) is 5.73 Å². The van der Waals surface area contributed by atoms with E-state index in [4.69, 9.17) is 10.5 Å². The number of ether oxygens (including phenoxy) is 1. The second kappa shape index (κ2) is 4.85. The summed E-state index contributed by atoms with van der Waals surface area (Å²) >= 11 is 0. The number of carbonyl (C=O) groups is 1. The van der Waals surface area contributed by atoms with Gasteiger partial charge in [-0.05, 0) is 33.7 Å². The highest BCUT2D eigenvalue weighted by Gasteiger charge is 2.47. The maximum absolute atomic E-state index is 12.0. The smallest absolute Gasteiger partial charge is 0.410 e. The van der Waals surface area contributed by atoms with Crippen molar-refractivity contribution in [3.05, 3.63) is 18.7 Å². The second-order valence-electron chi connectivity index (χ2n) is 6.07. The molecule has 0 aliphatic carbocycles. The van der Waals surface area contributed by atoms with Crippen LogP contribution in [0.4, 0.5) is 4.79 Å². The zero-order valence-electron chi connectivity index (χ0n) is 11.8. The molecule has 1 aromatic rings. The number of nitrogens with zero attached hydrogens (tertiary/aromatic N) is 3. The topological polar surface area (TPSA) is 73.4 Å². The van der Waals surface area contributed by atoms with Crippen LogP contribution in [0.2, 0.25) is 0 Å². The summed E-state index contributed by atoms with van der Waals surface area (Å²) < 4.78 is 7.40. The third kappa shape index (κ3) is 2.89. The van der Waals surface area contributed by atoms with Crippen molar-refractivity contribution in [3.8, 4) is 0 Å². The van der Waals surface area contributed by atoms with E-state index in [2.05, 4.69) is 4.98 Å². The molecule has 0 spiro atoms. The molecule has 6 heteroatoms. The van der Waals surface area contributed by atoms with Gasteiger partial charge in [-0.2, -0.15) is 0 Å². The Balaban J connectivity index is 2.00. The Morgan fingerprint density at radius 3 is 2.63 bits per heavy atom. The predicted octanol–water partition coefficient (Wildman–Crippen LogP) is 1.18. The minimum Gasteiger partial charge on any atom is -0.444 e. The van der Waals surface area contributed by atoms with E-state index in [1.807, 2.05) is 31.5 Å². The van der Waals surface area contributed by atoms with E-state index >= 15 is 0 Å². The van der Waals surface area contributed by atoms with Gasteiger partial charge in [0.2, 0.25) is 0 Å². The van der Waals surface area contributed by atoms with Crippen molar-refractivity contribution in [2.45, 2.75) is 38.3 Å². The van der Waals surface area contributed by atoms with Crippen LogP contribution in [-0.4, -0.2) is 45.8 Å². The lowest BCUT2D eigenvalue weighted by atomic mass is 9.86. The number of nitrogens with two attached hydrogens (primary N) is 1. The molecule has 0 saturated carbocycles. The summed E-state index contributed by atoms with van der Waals surface area (Å²) in [5.41, 5.74) is 5.10. The largest absolute Gasteiger partial charge is 0.444 e. The first-order valence-corrected chi connectivity index (χ1v) is 6.53. The molecular formula is C13H22N4O2. The van der Waals surface area contributed by atoms with Gasteiger partial charge in [0.05, 0.1) is 11.9 Å². The normalized spacial score (nSPS) is 18.0. The van der Waals surface area contributed by atoms with Gasteiger partial charge in [-0.3, -0.25) is 0 Å². The fourth-order valence-electron chi connectivity index (χ4n) is 2.38. The Hall–Kier alpha value is -1.56. The molecule has 1 aliphatic heterocycles. The minimum atomic E-state index is -0.460. The number of aromatic nitrogens is 2. The number of hydrogen-bond acceptors (Lipinski definition) is 4. The number of rotatable bonds is 3. The maximum atomic E-state index is 12.0. The fraction of sp³-hybridized carbons (Fsp3) is 0.692. The van der Waals surface area contributed by atoms with E-state index < -0.39 is 5.60 Å². The van der Waals surface area contributed by atoms with E-state index in [9.17, 15) is 4.79 Å². The highest BCUT2D eigenvalue weighted by molar-refractivity contribution is 5.69. The van der Waals surface area contributed by atoms with Crippen LogP contribution in [0.5, 0.6) is 0 Å². The lowest BCUT2D eigenvalue weighted by Gasteiger charge is -2.50. The van der Waals surface area contributed by atoms with E-state index in [0.29, 0.717) is 19.6 Å².